The predicted molar refractivity (Wildman–Crippen MR) is 90.7 cm³/mol. The van der Waals surface area contributed by atoms with E-state index in [2.05, 4.69) is 0 Å². The lowest BCUT2D eigenvalue weighted by Gasteiger charge is -2.34. The van der Waals surface area contributed by atoms with Gasteiger partial charge in [-0.3, -0.25) is 9.36 Å². The van der Waals surface area contributed by atoms with Gasteiger partial charge in [-0.2, -0.15) is 30.7 Å². The van der Waals surface area contributed by atoms with Crippen LogP contribution in [0, 0.1) is 0 Å². The van der Waals surface area contributed by atoms with E-state index in [4.69, 9.17) is 4.74 Å². The van der Waals surface area contributed by atoms with Gasteiger partial charge in [0.15, 0.2) is 5.60 Å². The van der Waals surface area contributed by atoms with Crippen molar-refractivity contribution in [2.45, 2.75) is 23.6 Å². The first-order valence-electron chi connectivity index (χ1n) is 8.49. The summed E-state index contributed by atoms with van der Waals surface area (Å²) in [6.45, 7) is -2.89. The van der Waals surface area contributed by atoms with Gasteiger partial charge >= 0.3 is 18.0 Å². The van der Waals surface area contributed by atoms with Crippen LogP contribution < -0.4 is 10.3 Å². The van der Waals surface area contributed by atoms with E-state index in [1.807, 2.05) is 0 Å². The molecule has 0 bridgehead atoms. The summed E-state index contributed by atoms with van der Waals surface area (Å²) < 4.78 is 126. The second-order valence-electron chi connectivity index (χ2n) is 6.73. The highest BCUT2D eigenvalue weighted by molar-refractivity contribution is 5.74. The highest BCUT2D eigenvalue weighted by Gasteiger charge is 2.73. The molecule has 0 saturated carbocycles. The molecule has 0 radical (unpaired) electrons. The van der Waals surface area contributed by atoms with E-state index in [0.29, 0.717) is 6.07 Å². The fraction of sp³-hybridized carbons (Fsp3) is 0.316. The number of halogens is 9. The summed E-state index contributed by atoms with van der Waals surface area (Å²) in [5.41, 5.74) is -5.72. The van der Waals surface area contributed by atoms with Crippen molar-refractivity contribution in [1.29, 1.82) is 0 Å². The van der Waals surface area contributed by atoms with Crippen LogP contribution in [0.15, 0.2) is 53.5 Å². The first kappa shape index (κ1) is 22.8. The minimum atomic E-state index is -6.56. The third-order valence-corrected chi connectivity index (χ3v) is 4.62. The van der Waals surface area contributed by atoms with E-state index in [0.717, 1.165) is 22.9 Å². The number of hydrogen-bond acceptors (Lipinski definition) is 2. The minimum absolute atomic E-state index is 0.233. The van der Waals surface area contributed by atoms with Gasteiger partial charge in [-0.1, -0.05) is 6.07 Å². The van der Waals surface area contributed by atoms with Gasteiger partial charge in [-0.05, 0) is 30.3 Å². The van der Waals surface area contributed by atoms with Crippen molar-refractivity contribution in [3.63, 3.8) is 0 Å². The van der Waals surface area contributed by atoms with Crippen LogP contribution in [0.25, 0.3) is 5.70 Å². The number of benzene rings is 1. The molecular formula is C19H12F9NO2. The molecule has 1 aliphatic rings. The molecule has 0 fully saturated rings. The van der Waals surface area contributed by atoms with E-state index in [1.54, 1.807) is 0 Å². The Morgan fingerprint density at radius 1 is 0.935 bits per heavy atom. The molecule has 1 aromatic heterocycles. The molecule has 2 heterocycles. The van der Waals surface area contributed by atoms with Crippen LogP contribution in [-0.2, 0) is 5.92 Å². The lowest BCUT2D eigenvalue weighted by molar-refractivity contribution is -0.359. The van der Waals surface area contributed by atoms with Crippen molar-refractivity contribution < 1.29 is 44.3 Å². The standard InChI is InChI=1S/C19H12F9NO2/c20-9-16(10-21)8-13(29-6-2-1-3-15(29)30)12-7-11(4-5-14(12)31-16)17(22,23)18(24,25)19(26,27)28/h1-8H,9-10H2. The third kappa shape index (κ3) is 3.57. The molecule has 0 aliphatic carbocycles. The Kier molecular flexibility index (Phi) is 5.39. The Morgan fingerprint density at radius 3 is 2.13 bits per heavy atom. The Bertz CT molecular complexity index is 1070. The van der Waals surface area contributed by atoms with Crippen LogP contribution in [0.4, 0.5) is 39.5 Å². The van der Waals surface area contributed by atoms with Crippen LogP contribution in [0.3, 0.4) is 0 Å². The smallest absolute Gasteiger partial charge is 0.460 e. The largest absolute Gasteiger partial charge is 0.477 e. The highest BCUT2D eigenvalue weighted by Crippen LogP contribution is 2.52. The molecular weight excluding hydrogens is 445 g/mol. The van der Waals surface area contributed by atoms with Crippen molar-refractivity contribution in [3.05, 3.63) is 70.2 Å². The molecule has 1 aliphatic heterocycles. The van der Waals surface area contributed by atoms with Crippen molar-refractivity contribution in [2.24, 2.45) is 0 Å². The van der Waals surface area contributed by atoms with Crippen molar-refractivity contribution in [3.8, 4) is 5.75 Å². The first-order valence-corrected chi connectivity index (χ1v) is 8.49. The van der Waals surface area contributed by atoms with Gasteiger partial charge in [0.1, 0.15) is 19.1 Å². The second-order valence-corrected chi connectivity index (χ2v) is 6.73. The fourth-order valence-corrected chi connectivity index (χ4v) is 2.94. The Hall–Kier alpha value is -2.92. The Balaban J connectivity index is 2.25. The van der Waals surface area contributed by atoms with Gasteiger partial charge in [0.2, 0.25) is 0 Å². The monoisotopic (exact) mass is 457 g/mol. The maximum absolute atomic E-state index is 14.2. The van der Waals surface area contributed by atoms with Gasteiger partial charge in [0.25, 0.3) is 5.56 Å². The molecule has 0 saturated heterocycles. The molecule has 0 N–H and O–H groups in total. The normalized spacial score (nSPS) is 16.4. The SMILES string of the molecule is O=c1ccccn1C1=CC(CF)(CF)Oc2ccc(C(F)(F)C(F)(F)C(F)(F)F)cc21. The molecule has 31 heavy (non-hydrogen) atoms. The molecule has 12 heteroatoms. The highest BCUT2D eigenvalue weighted by atomic mass is 19.4. The van der Waals surface area contributed by atoms with E-state index in [-0.39, 0.29) is 12.1 Å². The van der Waals surface area contributed by atoms with Crippen LogP contribution >= 0.6 is 0 Å². The summed E-state index contributed by atoms with van der Waals surface area (Å²) in [6, 6.07) is 4.70. The number of fused-ring (bicyclic) bond motifs is 1. The summed E-state index contributed by atoms with van der Waals surface area (Å²) in [7, 11) is 0. The summed E-state index contributed by atoms with van der Waals surface area (Å²) >= 11 is 0. The van der Waals surface area contributed by atoms with Crippen LogP contribution in [-0.4, -0.2) is 35.6 Å². The predicted octanol–water partition coefficient (Wildman–Crippen LogP) is 5.10. The van der Waals surface area contributed by atoms with Crippen LogP contribution in [0.1, 0.15) is 11.1 Å². The summed E-state index contributed by atoms with van der Waals surface area (Å²) in [4.78, 5) is 12.2. The van der Waals surface area contributed by atoms with Gasteiger partial charge < -0.3 is 4.74 Å². The topological polar surface area (TPSA) is 31.2 Å². The maximum atomic E-state index is 14.2. The molecule has 168 valence electrons. The summed E-state index contributed by atoms with van der Waals surface area (Å²) in [5, 5.41) is 0. The van der Waals surface area contributed by atoms with E-state index in [9.17, 15) is 44.3 Å². The average molecular weight is 457 g/mol. The molecule has 0 amide bonds. The molecule has 0 spiro atoms. The maximum Gasteiger partial charge on any atom is 0.460 e. The second kappa shape index (κ2) is 7.34. The zero-order valence-corrected chi connectivity index (χ0v) is 15.2. The Labute approximate surface area is 168 Å². The number of hydrogen-bond donors (Lipinski definition) is 0. The van der Waals surface area contributed by atoms with Gasteiger partial charge in [0, 0.05) is 23.4 Å². The van der Waals surface area contributed by atoms with E-state index < -0.39 is 65.1 Å². The first-order chi connectivity index (χ1) is 14.3. The molecule has 2 aromatic rings. The quantitative estimate of drug-likeness (QED) is 0.586. The van der Waals surface area contributed by atoms with Gasteiger partial charge in [-0.15, -0.1) is 0 Å². The number of pyridine rings is 1. The molecule has 3 rings (SSSR count). The van der Waals surface area contributed by atoms with Crippen molar-refractivity contribution >= 4 is 5.70 Å². The van der Waals surface area contributed by atoms with Crippen LogP contribution in [0.2, 0.25) is 0 Å². The molecule has 0 unspecified atom stereocenters. The van der Waals surface area contributed by atoms with Crippen molar-refractivity contribution in [1.82, 2.24) is 4.57 Å². The lowest BCUT2D eigenvalue weighted by atomic mass is 9.93. The van der Waals surface area contributed by atoms with Crippen LogP contribution in [0.5, 0.6) is 5.75 Å². The molecule has 0 atom stereocenters. The van der Waals surface area contributed by atoms with Gasteiger partial charge in [0.05, 0.1) is 5.70 Å². The number of nitrogens with zero attached hydrogens (tertiary/aromatic N) is 1. The zero-order valence-electron chi connectivity index (χ0n) is 15.2. The molecule has 3 nitrogen and oxygen atoms in total. The summed E-state index contributed by atoms with van der Waals surface area (Å²) in [6.07, 6.45) is -4.71. The number of alkyl halides is 9. The van der Waals surface area contributed by atoms with Crippen molar-refractivity contribution in [2.75, 3.05) is 13.3 Å². The summed E-state index contributed by atoms with van der Waals surface area (Å²) in [5.74, 6) is -12.6. The minimum Gasteiger partial charge on any atom is -0.477 e. The number of rotatable bonds is 5. The average Bonchev–Trinajstić information content (AvgIpc) is 2.72. The third-order valence-electron chi connectivity index (χ3n) is 4.62. The van der Waals surface area contributed by atoms with E-state index >= 15 is 0 Å². The lowest BCUT2D eigenvalue weighted by Crippen LogP contribution is -2.50. The van der Waals surface area contributed by atoms with E-state index in [1.165, 1.54) is 12.1 Å². The molecule has 1 aromatic carbocycles. The number of ether oxygens (including phenoxy) is 1. The zero-order chi connectivity index (χ0) is 23.2. The Morgan fingerprint density at radius 2 is 1.58 bits per heavy atom. The number of aromatic nitrogens is 1. The fourth-order valence-electron chi connectivity index (χ4n) is 2.94. The van der Waals surface area contributed by atoms with Gasteiger partial charge in [-0.25, -0.2) is 8.78 Å².